The van der Waals surface area contributed by atoms with Crippen molar-refractivity contribution in [3.05, 3.63) is 53.6 Å². The van der Waals surface area contributed by atoms with Gasteiger partial charge < -0.3 is 19.5 Å². The van der Waals surface area contributed by atoms with Gasteiger partial charge in [-0.2, -0.15) is 0 Å². The fourth-order valence-electron chi connectivity index (χ4n) is 2.36. The number of carbonyl (C=O) groups is 1. The lowest BCUT2D eigenvalue weighted by Gasteiger charge is -2.13. The van der Waals surface area contributed by atoms with Crippen LogP contribution in [0, 0.1) is 0 Å². The summed E-state index contributed by atoms with van der Waals surface area (Å²) < 4.78 is 16.4. The topological polar surface area (TPSA) is 56.8 Å². The van der Waals surface area contributed by atoms with Gasteiger partial charge in [-0.15, -0.1) is 0 Å². The molecule has 1 amide bonds. The van der Waals surface area contributed by atoms with Crippen LogP contribution in [0.1, 0.15) is 36.2 Å². The van der Waals surface area contributed by atoms with Gasteiger partial charge in [-0.05, 0) is 43.7 Å². The Morgan fingerprint density at radius 1 is 1.12 bits per heavy atom. The number of ether oxygens (including phenoxy) is 3. The summed E-state index contributed by atoms with van der Waals surface area (Å²) >= 11 is 0. The zero-order valence-corrected chi connectivity index (χ0v) is 15.0. The van der Waals surface area contributed by atoms with E-state index in [1.54, 1.807) is 19.2 Å². The van der Waals surface area contributed by atoms with Crippen LogP contribution in [-0.4, -0.2) is 26.2 Å². The van der Waals surface area contributed by atoms with Crippen molar-refractivity contribution >= 4 is 11.6 Å². The van der Waals surface area contributed by atoms with Crippen molar-refractivity contribution in [2.75, 3.05) is 25.6 Å². The molecule has 134 valence electrons. The number of hydrogen-bond donors (Lipinski definition) is 1. The number of carbonyl (C=O) groups excluding carboxylic acids is 1. The first-order valence-electron chi connectivity index (χ1n) is 8.46. The third-order valence-electron chi connectivity index (χ3n) is 3.56. The molecule has 0 aromatic heterocycles. The molecule has 2 aromatic carbocycles. The summed E-state index contributed by atoms with van der Waals surface area (Å²) in [5, 5.41) is 2.88. The van der Waals surface area contributed by atoms with Crippen LogP contribution in [0.4, 0.5) is 5.69 Å². The van der Waals surface area contributed by atoms with Crippen molar-refractivity contribution in [3.63, 3.8) is 0 Å². The standard InChI is InChI=1S/C20H25NO4/c1-4-11-24-14-16-12-15(9-10-19(16)25-5-2)20(22)21-17-7-6-8-18(13-17)23-3/h6-10,12-13H,4-5,11,14H2,1-3H3,(H,21,22). The second-order valence-electron chi connectivity index (χ2n) is 5.49. The van der Waals surface area contributed by atoms with E-state index in [-0.39, 0.29) is 5.91 Å². The average Bonchev–Trinajstić information content (AvgIpc) is 2.63. The molecular weight excluding hydrogens is 318 g/mol. The Kier molecular flexibility index (Phi) is 7.29. The first-order valence-corrected chi connectivity index (χ1v) is 8.46. The Bertz CT molecular complexity index is 700. The summed E-state index contributed by atoms with van der Waals surface area (Å²) in [6, 6.07) is 12.6. The van der Waals surface area contributed by atoms with Crippen LogP contribution in [0.15, 0.2) is 42.5 Å². The van der Waals surface area contributed by atoms with Gasteiger partial charge in [-0.1, -0.05) is 13.0 Å². The highest BCUT2D eigenvalue weighted by Crippen LogP contribution is 2.23. The molecule has 25 heavy (non-hydrogen) atoms. The number of benzene rings is 2. The number of nitrogens with one attached hydrogen (secondary N) is 1. The smallest absolute Gasteiger partial charge is 0.255 e. The quantitative estimate of drug-likeness (QED) is 0.691. The monoisotopic (exact) mass is 343 g/mol. The van der Waals surface area contributed by atoms with Crippen LogP contribution < -0.4 is 14.8 Å². The van der Waals surface area contributed by atoms with Crippen LogP contribution in [0.25, 0.3) is 0 Å². The van der Waals surface area contributed by atoms with Gasteiger partial charge in [0.2, 0.25) is 0 Å². The normalized spacial score (nSPS) is 10.4. The predicted molar refractivity (Wildman–Crippen MR) is 98.5 cm³/mol. The molecule has 0 spiro atoms. The second-order valence-corrected chi connectivity index (χ2v) is 5.49. The molecule has 0 unspecified atom stereocenters. The molecule has 0 atom stereocenters. The zero-order chi connectivity index (χ0) is 18.1. The van der Waals surface area contributed by atoms with Crippen LogP contribution in [0.5, 0.6) is 11.5 Å². The Balaban J connectivity index is 2.16. The van der Waals surface area contributed by atoms with Crippen LogP contribution in [0.2, 0.25) is 0 Å². The number of hydrogen-bond acceptors (Lipinski definition) is 4. The van der Waals surface area contributed by atoms with E-state index in [9.17, 15) is 4.79 Å². The fraction of sp³-hybridized carbons (Fsp3) is 0.350. The molecule has 0 heterocycles. The number of anilines is 1. The maximum Gasteiger partial charge on any atom is 0.255 e. The lowest BCUT2D eigenvalue weighted by molar-refractivity contribution is 0.102. The zero-order valence-electron chi connectivity index (χ0n) is 15.0. The molecule has 0 aliphatic carbocycles. The van der Waals surface area contributed by atoms with Gasteiger partial charge in [0, 0.05) is 29.5 Å². The first-order chi connectivity index (χ1) is 12.2. The molecule has 1 N–H and O–H groups in total. The molecular formula is C20H25NO4. The van der Waals surface area contributed by atoms with E-state index in [2.05, 4.69) is 12.2 Å². The summed E-state index contributed by atoms with van der Waals surface area (Å²) in [5.41, 5.74) is 2.11. The molecule has 0 fully saturated rings. The number of amides is 1. The molecule has 0 aliphatic rings. The largest absolute Gasteiger partial charge is 0.497 e. The Labute approximate surface area is 148 Å². The molecule has 0 saturated heterocycles. The van der Waals surface area contributed by atoms with Crippen LogP contribution >= 0.6 is 0 Å². The number of methoxy groups -OCH3 is 1. The Morgan fingerprint density at radius 3 is 2.68 bits per heavy atom. The fourth-order valence-corrected chi connectivity index (χ4v) is 2.36. The highest BCUT2D eigenvalue weighted by Gasteiger charge is 2.11. The highest BCUT2D eigenvalue weighted by atomic mass is 16.5. The van der Waals surface area contributed by atoms with E-state index in [1.165, 1.54) is 0 Å². The summed E-state index contributed by atoms with van der Waals surface area (Å²) in [4.78, 5) is 12.5. The molecule has 2 rings (SSSR count). The molecule has 5 heteroatoms. The van der Waals surface area contributed by atoms with E-state index < -0.39 is 0 Å². The average molecular weight is 343 g/mol. The lowest BCUT2D eigenvalue weighted by atomic mass is 10.1. The third kappa shape index (κ3) is 5.50. The Morgan fingerprint density at radius 2 is 1.96 bits per heavy atom. The maximum atomic E-state index is 12.5. The molecule has 0 radical (unpaired) electrons. The summed E-state index contributed by atoms with van der Waals surface area (Å²) in [5.74, 6) is 1.25. The summed E-state index contributed by atoms with van der Waals surface area (Å²) in [6.45, 7) is 5.65. The van der Waals surface area contributed by atoms with Crippen molar-refractivity contribution in [1.82, 2.24) is 0 Å². The second kappa shape index (κ2) is 9.69. The summed E-state index contributed by atoms with van der Waals surface area (Å²) in [6.07, 6.45) is 0.944. The number of rotatable bonds is 9. The third-order valence-corrected chi connectivity index (χ3v) is 3.56. The predicted octanol–water partition coefficient (Wildman–Crippen LogP) is 4.27. The maximum absolute atomic E-state index is 12.5. The van der Waals surface area contributed by atoms with Crippen molar-refractivity contribution in [3.8, 4) is 11.5 Å². The minimum Gasteiger partial charge on any atom is -0.497 e. The molecule has 0 aliphatic heterocycles. The van der Waals surface area contributed by atoms with E-state index in [4.69, 9.17) is 14.2 Å². The lowest BCUT2D eigenvalue weighted by Crippen LogP contribution is -2.13. The minimum atomic E-state index is -0.187. The van der Waals surface area contributed by atoms with Crippen molar-refractivity contribution in [2.24, 2.45) is 0 Å². The molecule has 5 nitrogen and oxygen atoms in total. The van der Waals surface area contributed by atoms with E-state index in [0.717, 1.165) is 17.7 Å². The molecule has 0 saturated carbocycles. The van der Waals surface area contributed by atoms with E-state index in [1.807, 2.05) is 37.3 Å². The van der Waals surface area contributed by atoms with Crippen molar-refractivity contribution < 1.29 is 19.0 Å². The highest BCUT2D eigenvalue weighted by molar-refractivity contribution is 6.04. The van der Waals surface area contributed by atoms with Gasteiger partial charge in [0.1, 0.15) is 11.5 Å². The van der Waals surface area contributed by atoms with Gasteiger partial charge in [0.05, 0.1) is 20.3 Å². The van der Waals surface area contributed by atoms with Gasteiger partial charge in [0.25, 0.3) is 5.91 Å². The SMILES string of the molecule is CCCOCc1cc(C(=O)Nc2cccc(OC)c2)ccc1OCC. The molecule has 2 aromatic rings. The van der Waals surface area contributed by atoms with Crippen molar-refractivity contribution in [2.45, 2.75) is 26.9 Å². The summed E-state index contributed by atoms with van der Waals surface area (Å²) in [7, 11) is 1.59. The van der Waals surface area contributed by atoms with Crippen molar-refractivity contribution in [1.29, 1.82) is 0 Å². The van der Waals surface area contributed by atoms with E-state index >= 15 is 0 Å². The van der Waals surface area contributed by atoms with E-state index in [0.29, 0.717) is 36.8 Å². The molecule has 0 bridgehead atoms. The van der Waals surface area contributed by atoms with Crippen LogP contribution in [0.3, 0.4) is 0 Å². The first kappa shape index (κ1) is 18.8. The Hall–Kier alpha value is -2.53. The minimum absolute atomic E-state index is 0.187. The van der Waals surface area contributed by atoms with Gasteiger partial charge in [-0.3, -0.25) is 4.79 Å². The van der Waals surface area contributed by atoms with Gasteiger partial charge in [-0.25, -0.2) is 0 Å². The van der Waals surface area contributed by atoms with Crippen LogP contribution in [-0.2, 0) is 11.3 Å². The van der Waals surface area contributed by atoms with Gasteiger partial charge in [0.15, 0.2) is 0 Å². The van der Waals surface area contributed by atoms with Gasteiger partial charge >= 0.3 is 0 Å².